The Bertz CT molecular complexity index is 612. The summed E-state index contributed by atoms with van der Waals surface area (Å²) in [6.45, 7) is 5.72. The van der Waals surface area contributed by atoms with Crippen molar-refractivity contribution in [2.75, 3.05) is 0 Å². The summed E-state index contributed by atoms with van der Waals surface area (Å²) in [7, 11) is 0. The molecule has 0 unspecified atom stereocenters. The summed E-state index contributed by atoms with van der Waals surface area (Å²) in [6, 6.07) is 9.23. The average molecular weight is 295 g/mol. The van der Waals surface area contributed by atoms with Crippen LogP contribution in [0, 0.1) is 23.7 Å². The molecule has 0 aliphatic heterocycles. The van der Waals surface area contributed by atoms with E-state index in [0.29, 0.717) is 12.0 Å². The number of ether oxygens (including phenoxy) is 1. The van der Waals surface area contributed by atoms with Gasteiger partial charge in [-0.1, -0.05) is 31.1 Å². The van der Waals surface area contributed by atoms with Gasteiger partial charge in [-0.3, -0.25) is 0 Å². The minimum Gasteiger partial charge on any atom is -0.457 e. The van der Waals surface area contributed by atoms with Gasteiger partial charge < -0.3 is 4.74 Å². The Morgan fingerprint density at radius 2 is 2.05 bits per heavy atom. The van der Waals surface area contributed by atoms with Crippen molar-refractivity contribution in [2.45, 2.75) is 45.1 Å². The lowest BCUT2D eigenvalue weighted by atomic mass is 9.95. The van der Waals surface area contributed by atoms with E-state index in [4.69, 9.17) is 16.4 Å². The predicted octanol–water partition coefficient (Wildman–Crippen LogP) is 3.95. The van der Waals surface area contributed by atoms with Crippen molar-refractivity contribution in [2.24, 2.45) is 0 Å². The molecular weight excluding hydrogens is 274 g/mol. The van der Waals surface area contributed by atoms with Gasteiger partial charge in [0.2, 0.25) is 0 Å². The van der Waals surface area contributed by atoms with Crippen LogP contribution < -0.4 is 0 Å². The van der Waals surface area contributed by atoms with Gasteiger partial charge >= 0.3 is 5.97 Å². The number of allylic oxidation sites excluding steroid dienone is 1. The number of rotatable bonds is 6. The van der Waals surface area contributed by atoms with Gasteiger partial charge in [0.15, 0.2) is 0 Å². The van der Waals surface area contributed by atoms with Gasteiger partial charge in [0.05, 0.1) is 11.6 Å². The summed E-state index contributed by atoms with van der Waals surface area (Å²) < 4.78 is 5.33. The van der Waals surface area contributed by atoms with E-state index in [-0.39, 0.29) is 11.9 Å². The first-order valence-corrected chi connectivity index (χ1v) is 7.27. The van der Waals surface area contributed by atoms with Gasteiger partial charge in [-0.05, 0) is 44.4 Å². The third-order valence-corrected chi connectivity index (χ3v) is 3.50. The zero-order valence-corrected chi connectivity index (χ0v) is 13.3. The molecule has 0 bridgehead atoms. The molecule has 3 nitrogen and oxygen atoms in total. The molecule has 1 atom stereocenters. The Morgan fingerprint density at radius 1 is 1.41 bits per heavy atom. The summed E-state index contributed by atoms with van der Waals surface area (Å²) in [5.41, 5.74) is 1.09. The van der Waals surface area contributed by atoms with Gasteiger partial charge in [-0.25, -0.2) is 4.79 Å². The minimum absolute atomic E-state index is 0.129. The van der Waals surface area contributed by atoms with E-state index in [0.717, 1.165) is 12.0 Å². The third kappa shape index (κ3) is 5.46. The Hall–Kier alpha value is -2.52. The van der Waals surface area contributed by atoms with Crippen LogP contribution in [0.15, 0.2) is 36.4 Å². The van der Waals surface area contributed by atoms with Crippen LogP contribution in [0.25, 0.3) is 0 Å². The Balaban J connectivity index is 2.64. The van der Waals surface area contributed by atoms with E-state index in [1.807, 2.05) is 32.9 Å². The summed E-state index contributed by atoms with van der Waals surface area (Å²) in [4.78, 5) is 11.7. The molecule has 0 aliphatic rings. The second-order valence-corrected chi connectivity index (χ2v) is 5.63. The molecule has 0 saturated carbocycles. The van der Waals surface area contributed by atoms with E-state index in [9.17, 15) is 4.79 Å². The fraction of sp³-hybridized carbons (Fsp3) is 0.368. The van der Waals surface area contributed by atoms with Gasteiger partial charge in [-0.15, -0.1) is 6.42 Å². The molecule has 0 saturated heterocycles. The molecule has 0 amide bonds. The van der Waals surface area contributed by atoms with Crippen molar-refractivity contribution in [3.8, 4) is 18.4 Å². The number of hydrogen-bond acceptors (Lipinski definition) is 3. The number of carbonyl (C=O) groups excluding carboxylic acids is 1. The van der Waals surface area contributed by atoms with Crippen molar-refractivity contribution in [3.63, 3.8) is 0 Å². The first-order valence-electron chi connectivity index (χ1n) is 7.27. The molecular formula is C19H21NO2. The quantitative estimate of drug-likeness (QED) is 0.453. The molecule has 0 radical (unpaired) electrons. The number of benzene rings is 1. The lowest BCUT2D eigenvalue weighted by molar-refractivity contribution is -0.150. The first kappa shape index (κ1) is 17.5. The average Bonchev–Trinajstić information content (AvgIpc) is 2.51. The first-order chi connectivity index (χ1) is 10.4. The van der Waals surface area contributed by atoms with Gasteiger partial charge in [0.1, 0.15) is 5.60 Å². The molecule has 22 heavy (non-hydrogen) atoms. The van der Waals surface area contributed by atoms with Crippen molar-refractivity contribution in [1.82, 2.24) is 0 Å². The predicted molar refractivity (Wildman–Crippen MR) is 87.0 cm³/mol. The van der Waals surface area contributed by atoms with Gasteiger partial charge in [-0.2, -0.15) is 5.26 Å². The lowest BCUT2D eigenvalue weighted by Crippen LogP contribution is -2.25. The summed E-state index contributed by atoms with van der Waals surface area (Å²) in [5, 5.41) is 8.79. The highest BCUT2D eigenvalue weighted by atomic mass is 16.6. The van der Waals surface area contributed by atoms with E-state index in [2.05, 4.69) is 12.0 Å². The van der Waals surface area contributed by atoms with E-state index in [1.54, 1.807) is 18.2 Å². The van der Waals surface area contributed by atoms with Crippen LogP contribution in [-0.2, 0) is 9.53 Å². The highest BCUT2D eigenvalue weighted by molar-refractivity contribution is 5.82. The molecule has 1 aromatic carbocycles. The molecule has 114 valence electrons. The second-order valence-electron chi connectivity index (χ2n) is 5.63. The zero-order valence-electron chi connectivity index (χ0n) is 13.3. The maximum atomic E-state index is 11.7. The standard InChI is InChI=1S/C19H21NO2/c1-5-16(17-12-10-15(14-20)11-13-17)8-7-9-18(21)22-19(3,4)6-2/h1,7,9-13,16H,6,8H2,2-4H3/b9-7+/t16-/m0/s1. The third-order valence-electron chi connectivity index (χ3n) is 3.50. The number of hydrogen-bond donors (Lipinski definition) is 0. The summed E-state index contributed by atoms with van der Waals surface area (Å²) in [6.07, 6.45) is 10.0. The molecule has 1 rings (SSSR count). The molecule has 0 N–H and O–H groups in total. The second kappa shape index (κ2) is 8.05. The van der Waals surface area contributed by atoms with E-state index < -0.39 is 5.60 Å². The van der Waals surface area contributed by atoms with Gasteiger partial charge in [0.25, 0.3) is 0 Å². The Labute approximate surface area is 132 Å². The number of terminal acetylenes is 1. The maximum Gasteiger partial charge on any atom is 0.330 e. The lowest BCUT2D eigenvalue weighted by Gasteiger charge is -2.22. The fourth-order valence-electron chi connectivity index (χ4n) is 1.77. The highest BCUT2D eigenvalue weighted by Crippen LogP contribution is 2.20. The van der Waals surface area contributed by atoms with Crippen LogP contribution >= 0.6 is 0 Å². The van der Waals surface area contributed by atoms with E-state index in [1.165, 1.54) is 6.08 Å². The van der Waals surface area contributed by atoms with Crippen LogP contribution in [-0.4, -0.2) is 11.6 Å². The van der Waals surface area contributed by atoms with Crippen LogP contribution in [0.5, 0.6) is 0 Å². The van der Waals surface area contributed by atoms with Gasteiger partial charge in [0, 0.05) is 12.0 Å². The number of nitrogens with zero attached hydrogens (tertiary/aromatic N) is 1. The van der Waals surface area contributed by atoms with Crippen LogP contribution in [0.4, 0.5) is 0 Å². The molecule has 0 spiro atoms. The molecule has 0 heterocycles. The summed E-state index contributed by atoms with van der Waals surface area (Å²) in [5.74, 6) is 2.22. The SMILES string of the molecule is C#C[C@@H](C/C=C/C(=O)OC(C)(C)CC)c1ccc(C#N)cc1. The number of nitriles is 1. The number of esters is 1. The molecule has 0 fully saturated rings. The smallest absolute Gasteiger partial charge is 0.330 e. The van der Waals surface area contributed by atoms with Crippen LogP contribution in [0.2, 0.25) is 0 Å². The molecule has 1 aromatic rings. The van der Waals surface area contributed by atoms with Crippen LogP contribution in [0.1, 0.15) is 50.7 Å². The molecule has 3 heteroatoms. The van der Waals surface area contributed by atoms with Crippen molar-refractivity contribution >= 4 is 5.97 Å². The topological polar surface area (TPSA) is 50.1 Å². The number of carbonyl (C=O) groups is 1. The molecule has 0 aromatic heterocycles. The summed E-state index contributed by atoms with van der Waals surface area (Å²) >= 11 is 0. The normalized spacial score (nSPS) is 12.4. The van der Waals surface area contributed by atoms with Crippen molar-refractivity contribution in [3.05, 3.63) is 47.5 Å². The minimum atomic E-state index is -0.458. The van der Waals surface area contributed by atoms with Crippen molar-refractivity contribution in [1.29, 1.82) is 5.26 Å². The largest absolute Gasteiger partial charge is 0.457 e. The fourth-order valence-corrected chi connectivity index (χ4v) is 1.77. The zero-order chi connectivity index (χ0) is 16.6. The maximum absolute atomic E-state index is 11.7. The van der Waals surface area contributed by atoms with E-state index >= 15 is 0 Å². The van der Waals surface area contributed by atoms with Crippen LogP contribution in [0.3, 0.4) is 0 Å². The van der Waals surface area contributed by atoms with Crippen molar-refractivity contribution < 1.29 is 9.53 Å². The Kier molecular flexibility index (Phi) is 6.42. The highest BCUT2D eigenvalue weighted by Gasteiger charge is 2.18. The Morgan fingerprint density at radius 3 is 2.55 bits per heavy atom. The molecule has 0 aliphatic carbocycles. The monoisotopic (exact) mass is 295 g/mol.